The maximum absolute atomic E-state index is 13.4. The zero-order valence-electron chi connectivity index (χ0n) is 11.2. The SMILES string of the molecule is Fc1cc(Br)cc(Oc2cccc(Cl)c2CNC2CC2)c1. The first-order valence-corrected chi connectivity index (χ1v) is 7.93. The predicted molar refractivity (Wildman–Crippen MR) is 85.5 cm³/mol. The van der Waals surface area contributed by atoms with Crippen molar-refractivity contribution in [2.45, 2.75) is 25.4 Å². The Hall–Kier alpha value is -1.10. The van der Waals surface area contributed by atoms with Gasteiger partial charge in [-0.25, -0.2) is 4.39 Å². The molecule has 1 fully saturated rings. The highest BCUT2D eigenvalue weighted by Gasteiger charge is 2.21. The van der Waals surface area contributed by atoms with Crippen molar-refractivity contribution in [2.75, 3.05) is 0 Å². The van der Waals surface area contributed by atoms with Crippen molar-refractivity contribution in [1.29, 1.82) is 0 Å². The fraction of sp³-hybridized carbons (Fsp3) is 0.250. The lowest BCUT2D eigenvalue weighted by molar-refractivity contribution is 0.467. The maximum Gasteiger partial charge on any atom is 0.133 e. The van der Waals surface area contributed by atoms with Crippen molar-refractivity contribution in [3.63, 3.8) is 0 Å². The normalized spacial score (nSPS) is 14.2. The van der Waals surface area contributed by atoms with Gasteiger partial charge in [0.05, 0.1) is 0 Å². The molecule has 21 heavy (non-hydrogen) atoms. The number of nitrogens with one attached hydrogen (secondary N) is 1. The van der Waals surface area contributed by atoms with E-state index in [9.17, 15) is 4.39 Å². The molecule has 1 aliphatic rings. The molecule has 0 aliphatic heterocycles. The lowest BCUT2D eigenvalue weighted by Crippen LogP contribution is -2.16. The summed E-state index contributed by atoms with van der Waals surface area (Å²) in [4.78, 5) is 0. The second kappa shape index (κ2) is 6.34. The van der Waals surface area contributed by atoms with Crippen LogP contribution in [0.2, 0.25) is 5.02 Å². The lowest BCUT2D eigenvalue weighted by Gasteiger charge is -2.13. The minimum Gasteiger partial charge on any atom is -0.457 e. The molecule has 1 saturated carbocycles. The van der Waals surface area contributed by atoms with E-state index in [4.69, 9.17) is 16.3 Å². The first-order valence-electron chi connectivity index (χ1n) is 6.76. The molecule has 0 heterocycles. The van der Waals surface area contributed by atoms with Gasteiger partial charge in [0.15, 0.2) is 0 Å². The highest BCUT2D eigenvalue weighted by atomic mass is 79.9. The molecule has 0 atom stereocenters. The highest BCUT2D eigenvalue weighted by molar-refractivity contribution is 9.10. The Labute approximate surface area is 136 Å². The molecule has 0 amide bonds. The van der Waals surface area contributed by atoms with Gasteiger partial charge in [-0.3, -0.25) is 0 Å². The second-order valence-electron chi connectivity index (χ2n) is 5.08. The van der Waals surface area contributed by atoms with E-state index >= 15 is 0 Å². The Balaban J connectivity index is 1.84. The second-order valence-corrected chi connectivity index (χ2v) is 6.40. The van der Waals surface area contributed by atoms with Gasteiger partial charge in [-0.05, 0) is 37.1 Å². The van der Waals surface area contributed by atoms with Crippen LogP contribution in [0.5, 0.6) is 11.5 Å². The molecule has 1 N–H and O–H groups in total. The summed E-state index contributed by atoms with van der Waals surface area (Å²) in [6.45, 7) is 0.649. The molecule has 0 radical (unpaired) electrons. The van der Waals surface area contributed by atoms with Crippen LogP contribution in [0.4, 0.5) is 4.39 Å². The van der Waals surface area contributed by atoms with Gasteiger partial charge in [-0.1, -0.05) is 33.6 Å². The third-order valence-electron chi connectivity index (χ3n) is 3.28. The molecule has 0 saturated heterocycles. The summed E-state index contributed by atoms with van der Waals surface area (Å²) in [7, 11) is 0. The maximum atomic E-state index is 13.4. The van der Waals surface area contributed by atoms with Crippen molar-refractivity contribution in [2.24, 2.45) is 0 Å². The van der Waals surface area contributed by atoms with Crippen LogP contribution in [0, 0.1) is 5.82 Å². The fourth-order valence-corrected chi connectivity index (χ4v) is 2.73. The summed E-state index contributed by atoms with van der Waals surface area (Å²) >= 11 is 9.52. The van der Waals surface area contributed by atoms with Crippen LogP contribution in [0.1, 0.15) is 18.4 Å². The molecule has 110 valence electrons. The van der Waals surface area contributed by atoms with E-state index in [1.807, 2.05) is 18.2 Å². The molecule has 0 unspecified atom stereocenters. The van der Waals surface area contributed by atoms with Gasteiger partial charge >= 0.3 is 0 Å². The topological polar surface area (TPSA) is 21.3 Å². The summed E-state index contributed by atoms with van der Waals surface area (Å²) in [5, 5.41) is 4.06. The van der Waals surface area contributed by atoms with E-state index in [1.165, 1.54) is 25.0 Å². The number of hydrogen-bond acceptors (Lipinski definition) is 2. The quantitative estimate of drug-likeness (QED) is 0.772. The molecule has 2 aromatic carbocycles. The number of rotatable bonds is 5. The Morgan fingerprint density at radius 2 is 2.10 bits per heavy atom. The molecule has 3 rings (SSSR count). The fourth-order valence-electron chi connectivity index (χ4n) is 2.05. The van der Waals surface area contributed by atoms with Gasteiger partial charge in [0.25, 0.3) is 0 Å². The smallest absolute Gasteiger partial charge is 0.133 e. The van der Waals surface area contributed by atoms with E-state index in [2.05, 4.69) is 21.2 Å². The zero-order chi connectivity index (χ0) is 14.8. The summed E-state index contributed by atoms with van der Waals surface area (Å²) in [6, 6.07) is 10.5. The summed E-state index contributed by atoms with van der Waals surface area (Å²) in [5.74, 6) is 0.740. The van der Waals surface area contributed by atoms with Gasteiger partial charge in [-0.2, -0.15) is 0 Å². The minimum atomic E-state index is -0.348. The van der Waals surface area contributed by atoms with Crippen LogP contribution >= 0.6 is 27.5 Å². The Kier molecular flexibility index (Phi) is 4.48. The molecule has 1 aliphatic carbocycles. The number of benzene rings is 2. The van der Waals surface area contributed by atoms with Gasteiger partial charge in [-0.15, -0.1) is 0 Å². The third-order valence-corrected chi connectivity index (χ3v) is 4.10. The Morgan fingerprint density at radius 1 is 1.29 bits per heavy atom. The first-order chi connectivity index (χ1) is 10.1. The van der Waals surface area contributed by atoms with E-state index < -0.39 is 0 Å². The molecular weight excluding hydrogens is 357 g/mol. The van der Waals surface area contributed by atoms with Crippen molar-refractivity contribution in [3.05, 3.63) is 57.3 Å². The van der Waals surface area contributed by atoms with E-state index in [1.54, 1.807) is 6.07 Å². The van der Waals surface area contributed by atoms with E-state index in [0.717, 1.165) is 5.56 Å². The number of hydrogen-bond donors (Lipinski definition) is 1. The number of ether oxygens (including phenoxy) is 1. The average molecular weight is 371 g/mol. The summed E-state index contributed by atoms with van der Waals surface area (Å²) in [5.41, 5.74) is 0.895. The minimum absolute atomic E-state index is 0.348. The van der Waals surface area contributed by atoms with Crippen LogP contribution in [0.15, 0.2) is 40.9 Å². The van der Waals surface area contributed by atoms with Crippen molar-refractivity contribution >= 4 is 27.5 Å². The van der Waals surface area contributed by atoms with Crippen molar-refractivity contribution in [3.8, 4) is 11.5 Å². The number of halogens is 3. The van der Waals surface area contributed by atoms with E-state index in [0.29, 0.717) is 33.6 Å². The van der Waals surface area contributed by atoms with Crippen LogP contribution in [-0.4, -0.2) is 6.04 Å². The Bertz CT molecular complexity index is 640. The first kappa shape index (κ1) is 14.8. The van der Waals surface area contributed by atoms with Crippen LogP contribution in [-0.2, 0) is 6.54 Å². The van der Waals surface area contributed by atoms with Crippen molar-refractivity contribution < 1.29 is 9.13 Å². The van der Waals surface area contributed by atoms with Crippen molar-refractivity contribution in [1.82, 2.24) is 5.32 Å². The van der Waals surface area contributed by atoms with Crippen LogP contribution in [0.25, 0.3) is 0 Å². The van der Waals surface area contributed by atoms with Gasteiger partial charge in [0, 0.05) is 33.7 Å². The highest BCUT2D eigenvalue weighted by Crippen LogP contribution is 2.32. The molecule has 2 aromatic rings. The molecule has 5 heteroatoms. The average Bonchev–Trinajstić information content (AvgIpc) is 3.21. The van der Waals surface area contributed by atoms with Gasteiger partial charge in [0.1, 0.15) is 17.3 Å². The summed E-state index contributed by atoms with van der Waals surface area (Å²) in [6.07, 6.45) is 2.41. The van der Waals surface area contributed by atoms with Crippen LogP contribution in [0.3, 0.4) is 0 Å². The Morgan fingerprint density at radius 3 is 2.81 bits per heavy atom. The molecule has 0 bridgehead atoms. The molecular formula is C16H14BrClFNO. The largest absolute Gasteiger partial charge is 0.457 e. The van der Waals surface area contributed by atoms with Gasteiger partial charge < -0.3 is 10.1 Å². The standard InChI is InChI=1S/C16H14BrClFNO/c17-10-6-11(19)8-13(7-10)21-16-3-1-2-15(18)14(16)9-20-12-4-5-12/h1-3,6-8,12,20H,4-5,9H2. The predicted octanol–water partition coefficient (Wildman–Crippen LogP) is 5.29. The van der Waals surface area contributed by atoms with E-state index in [-0.39, 0.29) is 5.82 Å². The molecule has 0 spiro atoms. The van der Waals surface area contributed by atoms with Gasteiger partial charge in [0.2, 0.25) is 0 Å². The van der Waals surface area contributed by atoms with Crippen LogP contribution < -0.4 is 10.1 Å². The third kappa shape index (κ3) is 3.96. The molecule has 2 nitrogen and oxygen atoms in total. The lowest BCUT2D eigenvalue weighted by atomic mass is 10.2. The monoisotopic (exact) mass is 369 g/mol. The zero-order valence-corrected chi connectivity index (χ0v) is 13.5. The summed E-state index contributed by atoms with van der Waals surface area (Å²) < 4.78 is 19.9. The molecule has 0 aromatic heterocycles.